The molecule has 0 aliphatic heterocycles. The van der Waals surface area contributed by atoms with Crippen molar-refractivity contribution in [2.75, 3.05) is 32.1 Å². The lowest BCUT2D eigenvalue weighted by molar-refractivity contribution is 0.713. The van der Waals surface area contributed by atoms with Gasteiger partial charge in [-0.05, 0) is 55.4 Å². The number of nitrogens with one attached hydrogen (secondary N) is 2. The number of thioether (sulfide) groups is 1. The lowest BCUT2D eigenvalue weighted by Crippen LogP contribution is -2.38. The number of unbranched alkanes of at least 4 members (excludes halogenated alkanes) is 1. The van der Waals surface area contributed by atoms with Crippen LogP contribution in [0.2, 0.25) is 0 Å². The van der Waals surface area contributed by atoms with Crippen LogP contribution in [0, 0.1) is 0 Å². The first-order valence-electron chi connectivity index (χ1n) is 7.44. The van der Waals surface area contributed by atoms with E-state index in [4.69, 9.17) is 0 Å². The molecule has 22 heavy (non-hydrogen) atoms. The minimum atomic E-state index is 0. The molecule has 0 fully saturated rings. The molecule has 0 bridgehead atoms. The molecule has 1 aromatic carbocycles. The van der Waals surface area contributed by atoms with Gasteiger partial charge in [-0.15, -0.1) is 24.0 Å². The molecule has 1 rings (SSSR count). The number of hydrogen-bond donors (Lipinski definition) is 2. The molecule has 0 aliphatic rings. The van der Waals surface area contributed by atoms with Crippen LogP contribution >= 0.6 is 51.7 Å². The van der Waals surface area contributed by atoms with E-state index in [1.807, 2.05) is 18.8 Å². The predicted molar refractivity (Wildman–Crippen MR) is 115 cm³/mol. The van der Waals surface area contributed by atoms with E-state index in [1.165, 1.54) is 24.2 Å². The summed E-state index contributed by atoms with van der Waals surface area (Å²) in [4.78, 5) is 4.25. The number of halogens is 2. The summed E-state index contributed by atoms with van der Waals surface area (Å²) < 4.78 is 1.15. The first-order chi connectivity index (χ1) is 10.3. The van der Waals surface area contributed by atoms with Crippen molar-refractivity contribution in [1.29, 1.82) is 0 Å². The molecule has 3 nitrogen and oxygen atoms in total. The zero-order chi connectivity index (χ0) is 15.3. The Labute approximate surface area is 164 Å². The second-order valence-electron chi connectivity index (χ2n) is 4.86. The Morgan fingerprint density at radius 3 is 2.55 bits per heavy atom. The van der Waals surface area contributed by atoms with Crippen molar-refractivity contribution in [2.24, 2.45) is 4.99 Å². The number of benzene rings is 1. The quantitative estimate of drug-likeness (QED) is 0.230. The molecule has 0 amide bonds. The van der Waals surface area contributed by atoms with E-state index in [2.05, 4.69) is 62.1 Å². The molecule has 0 saturated carbocycles. The van der Waals surface area contributed by atoms with Crippen molar-refractivity contribution in [3.05, 3.63) is 34.3 Å². The predicted octanol–water partition coefficient (Wildman–Crippen LogP) is 4.31. The van der Waals surface area contributed by atoms with Gasteiger partial charge in [-0.25, -0.2) is 0 Å². The van der Waals surface area contributed by atoms with Gasteiger partial charge < -0.3 is 10.6 Å². The van der Waals surface area contributed by atoms with E-state index in [0.29, 0.717) is 0 Å². The van der Waals surface area contributed by atoms with Gasteiger partial charge in [-0.1, -0.05) is 28.1 Å². The second-order valence-corrected chi connectivity index (χ2v) is 6.76. The molecule has 0 unspecified atom stereocenters. The normalized spacial score (nSPS) is 11.0. The molecule has 126 valence electrons. The molecule has 6 heteroatoms. The third kappa shape index (κ3) is 10.7. The summed E-state index contributed by atoms with van der Waals surface area (Å²) in [6.07, 6.45) is 6.79. The van der Waals surface area contributed by atoms with Crippen LogP contribution in [0.25, 0.3) is 0 Å². The molecule has 0 heterocycles. The Morgan fingerprint density at radius 1 is 1.18 bits per heavy atom. The van der Waals surface area contributed by atoms with Gasteiger partial charge in [0.2, 0.25) is 0 Å². The maximum atomic E-state index is 4.25. The summed E-state index contributed by atoms with van der Waals surface area (Å²) >= 11 is 5.41. The third-order valence-electron chi connectivity index (χ3n) is 3.11. The fourth-order valence-corrected chi connectivity index (χ4v) is 2.93. The SMILES string of the molecule is CN=C(NCCCCSC)NCCCc1cccc(Br)c1.I. The zero-order valence-corrected chi connectivity index (χ0v) is 18.1. The van der Waals surface area contributed by atoms with E-state index in [9.17, 15) is 0 Å². The van der Waals surface area contributed by atoms with Crippen LogP contribution in [0.1, 0.15) is 24.8 Å². The highest BCUT2D eigenvalue weighted by Crippen LogP contribution is 2.12. The topological polar surface area (TPSA) is 36.4 Å². The van der Waals surface area contributed by atoms with Crippen LogP contribution in [-0.2, 0) is 6.42 Å². The summed E-state index contributed by atoms with van der Waals surface area (Å²) in [6, 6.07) is 8.49. The Kier molecular flexibility index (Phi) is 14.7. The average molecular weight is 500 g/mol. The van der Waals surface area contributed by atoms with E-state index >= 15 is 0 Å². The number of aliphatic imine (C=N–C) groups is 1. The molecule has 2 N–H and O–H groups in total. The van der Waals surface area contributed by atoms with Crippen molar-refractivity contribution < 1.29 is 0 Å². The van der Waals surface area contributed by atoms with E-state index < -0.39 is 0 Å². The van der Waals surface area contributed by atoms with Gasteiger partial charge in [0.1, 0.15) is 0 Å². The standard InChI is InChI=1S/C16H26BrN3S.HI/c1-18-16(19-10-3-4-12-21-2)20-11-6-8-14-7-5-9-15(17)13-14;/h5,7,9,13H,3-4,6,8,10-12H2,1-2H3,(H2,18,19,20);1H. The smallest absolute Gasteiger partial charge is 0.190 e. The Morgan fingerprint density at radius 2 is 1.91 bits per heavy atom. The lowest BCUT2D eigenvalue weighted by Gasteiger charge is -2.11. The third-order valence-corrected chi connectivity index (χ3v) is 4.31. The summed E-state index contributed by atoms with van der Waals surface area (Å²) in [6.45, 7) is 1.93. The van der Waals surface area contributed by atoms with Gasteiger partial charge in [0.05, 0.1) is 0 Å². The molecule has 0 aromatic heterocycles. The van der Waals surface area contributed by atoms with Crippen molar-refractivity contribution in [3.63, 3.8) is 0 Å². The Balaban J connectivity index is 0.00000441. The van der Waals surface area contributed by atoms with E-state index in [0.717, 1.165) is 36.4 Å². The van der Waals surface area contributed by atoms with Gasteiger partial charge in [-0.3, -0.25) is 4.99 Å². The largest absolute Gasteiger partial charge is 0.356 e. The van der Waals surface area contributed by atoms with Crippen molar-refractivity contribution in [2.45, 2.75) is 25.7 Å². The first-order valence-corrected chi connectivity index (χ1v) is 9.63. The van der Waals surface area contributed by atoms with Gasteiger partial charge in [0, 0.05) is 24.6 Å². The number of rotatable bonds is 9. The lowest BCUT2D eigenvalue weighted by atomic mass is 10.1. The molecule has 1 aromatic rings. The Hall–Kier alpha value is 0.0500. The van der Waals surface area contributed by atoms with Gasteiger partial charge in [0.15, 0.2) is 5.96 Å². The number of nitrogens with zero attached hydrogens (tertiary/aromatic N) is 1. The fourth-order valence-electron chi connectivity index (χ4n) is 1.99. The highest BCUT2D eigenvalue weighted by Gasteiger charge is 1.98. The average Bonchev–Trinajstić information content (AvgIpc) is 2.49. The van der Waals surface area contributed by atoms with Crippen molar-refractivity contribution in [1.82, 2.24) is 10.6 Å². The molecular weight excluding hydrogens is 473 g/mol. The highest BCUT2D eigenvalue weighted by molar-refractivity contribution is 14.0. The monoisotopic (exact) mass is 499 g/mol. The van der Waals surface area contributed by atoms with E-state index in [1.54, 1.807) is 0 Å². The molecule has 0 saturated heterocycles. The van der Waals surface area contributed by atoms with Crippen LogP contribution in [0.4, 0.5) is 0 Å². The summed E-state index contributed by atoms with van der Waals surface area (Å²) in [7, 11) is 1.82. The first kappa shape index (κ1) is 22.1. The fraction of sp³-hybridized carbons (Fsp3) is 0.562. The maximum absolute atomic E-state index is 4.25. The molecule has 0 radical (unpaired) electrons. The zero-order valence-electron chi connectivity index (χ0n) is 13.4. The van der Waals surface area contributed by atoms with Crippen LogP contribution in [0.5, 0.6) is 0 Å². The summed E-state index contributed by atoms with van der Waals surface area (Å²) in [5, 5.41) is 6.73. The maximum Gasteiger partial charge on any atom is 0.190 e. The van der Waals surface area contributed by atoms with Crippen LogP contribution in [-0.4, -0.2) is 38.1 Å². The highest BCUT2D eigenvalue weighted by atomic mass is 127. The minimum Gasteiger partial charge on any atom is -0.356 e. The molecule has 0 spiro atoms. The van der Waals surface area contributed by atoms with Crippen molar-refractivity contribution in [3.8, 4) is 0 Å². The molecular formula is C16H27BrIN3S. The minimum absolute atomic E-state index is 0. The number of hydrogen-bond acceptors (Lipinski definition) is 2. The van der Waals surface area contributed by atoms with E-state index in [-0.39, 0.29) is 24.0 Å². The summed E-state index contributed by atoms with van der Waals surface area (Å²) in [5.41, 5.74) is 1.37. The Bertz CT molecular complexity index is 430. The van der Waals surface area contributed by atoms with Gasteiger partial charge in [-0.2, -0.15) is 11.8 Å². The van der Waals surface area contributed by atoms with Crippen LogP contribution in [0.15, 0.2) is 33.7 Å². The van der Waals surface area contributed by atoms with Crippen LogP contribution < -0.4 is 10.6 Å². The number of aryl methyl sites for hydroxylation is 1. The van der Waals surface area contributed by atoms with Gasteiger partial charge in [0.25, 0.3) is 0 Å². The summed E-state index contributed by atoms with van der Waals surface area (Å²) in [5.74, 6) is 2.15. The number of guanidine groups is 1. The molecule has 0 aliphatic carbocycles. The second kappa shape index (κ2) is 14.6. The van der Waals surface area contributed by atoms with Crippen molar-refractivity contribution >= 4 is 57.6 Å². The van der Waals surface area contributed by atoms with Gasteiger partial charge >= 0.3 is 0 Å². The molecule has 0 atom stereocenters. The van der Waals surface area contributed by atoms with Crippen LogP contribution in [0.3, 0.4) is 0 Å².